The summed E-state index contributed by atoms with van der Waals surface area (Å²) in [5.74, 6) is 0.887. The second kappa shape index (κ2) is 5.37. The van der Waals surface area contributed by atoms with E-state index in [0.717, 1.165) is 20.9 Å². The van der Waals surface area contributed by atoms with E-state index in [1.807, 2.05) is 36.4 Å². The normalized spacial score (nSPS) is 10.3. The molecule has 1 aromatic heterocycles. The van der Waals surface area contributed by atoms with Gasteiger partial charge in [-0.1, -0.05) is 28.1 Å². The molecule has 0 saturated heterocycles. The molecule has 1 aromatic carbocycles. The number of hydrogen-bond donors (Lipinski definition) is 1. The summed E-state index contributed by atoms with van der Waals surface area (Å²) in [4.78, 5) is 4.26. The fraction of sp³-hybridized carbons (Fsp3) is 0.0833. The Morgan fingerprint density at radius 2 is 2.12 bits per heavy atom. The molecule has 0 aliphatic rings. The highest BCUT2D eigenvalue weighted by Crippen LogP contribution is 2.26. The van der Waals surface area contributed by atoms with Crippen molar-refractivity contribution < 1.29 is 0 Å². The first kappa shape index (κ1) is 11.5. The van der Waals surface area contributed by atoms with Crippen LogP contribution >= 0.6 is 27.7 Å². The van der Waals surface area contributed by atoms with Gasteiger partial charge in [0, 0.05) is 22.1 Å². The van der Waals surface area contributed by atoms with Crippen LogP contribution in [0.2, 0.25) is 0 Å². The molecule has 1 heterocycles. The lowest BCUT2D eigenvalue weighted by atomic mass is 10.2. The number of aromatic nitrogens is 1. The summed E-state index contributed by atoms with van der Waals surface area (Å²) < 4.78 is 1.05. The van der Waals surface area contributed by atoms with Crippen molar-refractivity contribution in [3.8, 4) is 0 Å². The Hall–Kier alpha value is -1.00. The van der Waals surface area contributed by atoms with E-state index in [-0.39, 0.29) is 0 Å². The van der Waals surface area contributed by atoms with E-state index in [9.17, 15) is 0 Å². The molecular weight excluding hydrogens is 284 g/mol. The average Bonchev–Trinajstić information content (AvgIpc) is 2.29. The van der Waals surface area contributed by atoms with Gasteiger partial charge in [0.1, 0.15) is 0 Å². The average molecular weight is 295 g/mol. The molecule has 2 aromatic rings. The third kappa shape index (κ3) is 3.00. The third-order valence-corrected chi connectivity index (χ3v) is 3.82. The molecule has 0 spiro atoms. The van der Waals surface area contributed by atoms with Gasteiger partial charge in [-0.25, -0.2) is 4.98 Å². The number of nitrogens with zero attached hydrogens (tertiary/aromatic N) is 1. The van der Waals surface area contributed by atoms with E-state index >= 15 is 0 Å². The number of nitrogens with two attached hydrogens (primary N) is 1. The van der Waals surface area contributed by atoms with Crippen molar-refractivity contribution in [2.45, 2.75) is 10.8 Å². The molecule has 0 atom stereocenters. The summed E-state index contributed by atoms with van der Waals surface area (Å²) in [6.07, 6.45) is 1.81. The highest BCUT2D eigenvalue weighted by Gasteiger charge is 2.01. The molecule has 0 radical (unpaired) electrons. The van der Waals surface area contributed by atoms with E-state index in [1.165, 1.54) is 5.56 Å². The van der Waals surface area contributed by atoms with E-state index in [1.54, 1.807) is 18.0 Å². The van der Waals surface area contributed by atoms with Crippen LogP contribution in [-0.2, 0) is 5.75 Å². The minimum absolute atomic E-state index is 0.776. The van der Waals surface area contributed by atoms with Crippen LogP contribution in [0.5, 0.6) is 0 Å². The van der Waals surface area contributed by atoms with Crippen molar-refractivity contribution >= 4 is 33.4 Å². The van der Waals surface area contributed by atoms with Gasteiger partial charge < -0.3 is 5.73 Å². The van der Waals surface area contributed by atoms with Crippen molar-refractivity contribution in [3.63, 3.8) is 0 Å². The molecule has 16 heavy (non-hydrogen) atoms. The van der Waals surface area contributed by atoms with Crippen molar-refractivity contribution in [2.75, 3.05) is 5.73 Å². The maximum atomic E-state index is 5.69. The summed E-state index contributed by atoms with van der Waals surface area (Å²) in [5.41, 5.74) is 7.69. The maximum absolute atomic E-state index is 5.69. The van der Waals surface area contributed by atoms with Gasteiger partial charge in [-0.2, -0.15) is 0 Å². The Balaban J connectivity index is 2.05. The molecule has 0 unspecified atom stereocenters. The zero-order chi connectivity index (χ0) is 11.4. The highest BCUT2D eigenvalue weighted by atomic mass is 79.9. The number of pyridine rings is 1. The first-order valence-corrected chi connectivity index (χ1v) is 6.61. The Morgan fingerprint density at radius 1 is 1.25 bits per heavy atom. The lowest BCUT2D eigenvalue weighted by Gasteiger charge is -2.04. The Kier molecular flexibility index (Phi) is 3.85. The smallest absolute Gasteiger partial charge is 0.0963 e. The Labute approximate surface area is 107 Å². The second-order valence-corrected chi connectivity index (χ2v) is 5.16. The van der Waals surface area contributed by atoms with Crippen molar-refractivity contribution in [1.29, 1.82) is 0 Å². The number of halogens is 1. The van der Waals surface area contributed by atoms with Gasteiger partial charge in [0.25, 0.3) is 0 Å². The van der Waals surface area contributed by atoms with Crippen LogP contribution in [0.25, 0.3) is 0 Å². The number of rotatable bonds is 3. The van der Waals surface area contributed by atoms with Crippen molar-refractivity contribution in [3.05, 3.63) is 52.6 Å². The predicted molar refractivity (Wildman–Crippen MR) is 72.4 cm³/mol. The van der Waals surface area contributed by atoms with Crippen molar-refractivity contribution in [2.24, 2.45) is 0 Å². The quantitative estimate of drug-likeness (QED) is 0.693. The zero-order valence-corrected chi connectivity index (χ0v) is 11.0. The molecule has 2 N–H and O–H groups in total. The molecule has 0 aliphatic heterocycles. The summed E-state index contributed by atoms with van der Waals surface area (Å²) in [7, 11) is 0. The van der Waals surface area contributed by atoms with Crippen LogP contribution in [-0.4, -0.2) is 4.98 Å². The van der Waals surface area contributed by atoms with Gasteiger partial charge in [-0.15, -0.1) is 11.8 Å². The standard InChI is InChI=1S/C12H11BrN2S/c13-11-7-10(14)5-4-9(11)8-16-12-3-1-2-6-15-12/h1-7H,8,14H2. The largest absolute Gasteiger partial charge is 0.399 e. The molecule has 2 rings (SSSR count). The first-order chi connectivity index (χ1) is 7.75. The maximum Gasteiger partial charge on any atom is 0.0963 e. The van der Waals surface area contributed by atoms with Gasteiger partial charge in [0.15, 0.2) is 0 Å². The van der Waals surface area contributed by atoms with E-state index < -0.39 is 0 Å². The minimum atomic E-state index is 0.776. The van der Waals surface area contributed by atoms with Gasteiger partial charge in [-0.05, 0) is 29.8 Å². The molecule has 82 valence electrons. The Morgan fingerprint density at radius 3 is 2.81 bits per heavy atom. The van der Waals surface area contributed by atoms with Crippen LogP contribution < -0.4 is 5.73 Å². The molecule has 0 aliphatic carbocycles. The summed E-state index contributed by atoms with van der Waals surface area (Å²) in [5, 5.41) is 1.03. The summed E-state index contributed by atoms with van der Waals surface area (Å²) in [6, 6.07) is 11.8. The lowest BCUT2D eigenvalue weighted by Crippen LogP contribution is -1.88. The van der Waals surface area contributed by atoms with Gasteiger partial charge in [-0.3, -0.25) is 0 Å². The lowest BCUT2D eigenvalue weighted by molar-refractivity contribution is 1.13. The van der Waals surface area contributed by atoms with Crippen LogP contribution in [0.1, 0.15) is 5.56 Å². The van der Waals surface area contributed by atoms with Gasteiger partial charge >= 0.3 is 0 Å². The van der Waals surface area contributed by atoms with Crippen LogP contribution in [0, 0.1) is 0 Å². The van der Waals surface area contributed by atoms with Crippen molar-refractivity contribution in [1.82, 2.24) is 4.98 Å². The molecule has 0 amide bonds. The zero-order valence-electron chi connectivity index (χ0n) is 8.56. The topological polar surface area (TPSA) is 38.9 Å². The Bertz CT molecular complexity index is 474. The summed E-state index contributed by atoms with van der Waals surface area (Å²) in [6.45, 7) is 0. The molecule has 4 heteroatoms. The summed E-state index contributed by atoms with van der Waals surface area (Å²) >= 11 is 5.22. The van der Waals surface area contributed by atoms with E-state index in [0.29, 0.717) is 0 Å². The number of thioether (sulfide) groups is 1. The third-order valence-electron chi connectivity index (χ3n) is 2.09. The number of anilines is 1. The monoisotopic (exact) mass is 294 g/mol. The molecule has 0 bridgehead atoms. The van der Waals surface area contributed by atoms with Crippen LogP contribution in [0.15, 0.2) is 52.1 Å². The molecule has 2 nitrogen and oxygen atoms in total. The van der Waals surface area contributed by atoms with E-state index in [4.69, 9.17) is 5.73 Å². The number of hydrogen-bond acceptors (Lipinski definition) is 3. The van der Waals surface area contributed by atoms with Gasteiger partial charge in [0.05, 0.1) is 5.03 Å². The fourth-order valence-electron chi connectivity index (χ4n) is 1.26. The van der Waals surface area contributed by atoms with Gasteiger partial charge in [0.2, 0.25) is 0 Å². The predicted octanol–water partition coefficient (Wildman–Crippen LogP) is 3.72. The SMILES string of the molecule is Nc1ccc(CSc2ccccn2)c(Br)c1. The first-order valence-electron chi connectivity index (χ1n) is 4.83. The number of nitrogen functional groups attached to an aromatic ring is 1. The molecular formula is C12H11BrN2S. The van der Waals surface area contributed by atoms with E-state index in [2.05, 4.69) is 20.9 Å². The minimum Gasteiger partial charge on any atom is -0.399 e. The van der Waals surface area contributed by atoms with Crippen LogP contribution in [0.4, 0.5) is 5.69 Å². The fourth-order valence-corrected chi connectivity index (χ4v) is 2.85. The number of benzene rings is 1. The molecule has 0 saturated carbocycles. The molecule has 0 fully saturated rings. The second-order valence-electron chi connectivity index (χ2n) is 3.31. The van der Waals surface area contributed by atoms with Crippen LogP contribution in [0.3, 0.4) is 0 Å². The highest BCUT2D eigenvalue weighted by molar-refractivity contribution is 9.10.